The molecule has 0 radical (unpaired) electrons. The number of rotatable bonds is 6. The van der Waals surface area contributed by atoms with Crippen LogP contribution in [0.3, 0.4) is 0 Å². The van der Waals surface area contributed by atoms with E-state index in [0.717, 1.165) is 12.8 Å². The lowest BCUT2D eigenvalue weighted by atomic mass is 10.0. The van der Waals surface area contributed by atoms with Gasteiger partial charge < -0.3 is 22.9 Å². The van der Waals surface area contributed by atoms with E-state index < -0.39 is 0 Å². The van der Waals surface area contributed by atoms with Crippen LogP contribution in [0.5, 0.6) is 0 Å². The average molecular weight is 222 g/mol. The van der Waals surface area contributed by atoms with Crippen LogP contribution in [0, 0.1) is 0 Å². The van der Waals surface area contributed by atoms with Gasteiger partial charge in [-0.3, -0.25) is 0 Å². The van der Waals surface area contributed by atoms with E-state index in [2.05, 4.69) is 24.3 Å². The third kappa shape index (κ3) is 4.28. The Balaban J connectivity index is 2.54. The van der Waals surface area contributed by atoms with Crippen molar-refractivity contribution in [3.8, 4) is 0 Å². The molecular weight excluding hydrogens is 200 g/mol. The summed E-state index contributed by atoms with van der Waals surface area (Å²) < 4.78 is 0. The van der Waals surface area contributed by atoms with Crippen molar-refractivity contribution in [2.24, 2.45) is 22.9 Å². The van der Waals surface area contributed by atoms with E-state index in [-0.39, 0.29) is 12.1 Å². The van der Waals surface area contributed by atoms with E-state index in [1.807, 2.05) is 0 Å². The van der Waals surface area contributed by atoms with Gasteiger partial charge in [0.25, 0.3) is 0 Å². The summed E-state index contributed by atoms with van der Waals surface area (Å²) in [4.78, 5) is 0. The van der Waals surface area contributed by atoms with Gasteiger partial charge in [0.05, 0.1) is 0 Å². The molecule has 0 spiro atoms. The molecule has 0 aliphatic carbocycles. The fraction of sp³-hybridized carbons (Fsp3) is 0.500. The fourth-order valence-corrected chi connectivity index (χ4v) is 1.58. The number of benzene rings is 1. The predicted octanol–water partition coefficient (Wildman–Crippen LogP) is -0.656. The van der Waals surface area contributed by atoms with E-state index in [9.17, 15) is 0 Å². The summed E-state index contributed by atoms with van der Waals surface area (Å²) in [7, 11) is 0. The van der Waals surface area contributed by atoms with Gasteiger partial charge in [0.2, 0.25) is 0 Å². The van der Waals surface area contributed by atoms with E-state index >= 15 is 0 Å². The molecule has 0 aliphatic heterocycles. The van der Waals surface area contributed by atoms with Crippen LogP contribution in [0.2, 0.25) is 0 Å². The Morgan fingerprint density at radius 1 is 0.750 bits per heavy atom. The Kier molecular flexibility index (Phi) is 5.42. The number of hydrogen-bond donors (Lipinski definition) is 4. The maximum Gasteiger partial charge on any atom is 0.0203 e. The molecule has 0 bridgehead atoms. The molecule has 0 aliphatic rings. The second-order valence-electron chi connectivity index (χ2n) is 4.22. The van der Waals surface area contributed by atoms with E-state index in [1.165, 1.54) is 11.1 Å². The smallest absolute Gasteiger partial charge is 0.0203 e. The number of hydrogen-bond acceptors (Lipinski definition) is 4. The van der Waals surface area contributed by atoms with Gasteiger partial charge in [-0.25, -0.2) is 0 Å². The summed E-state index contributed by atoms with van der Waals surface area (Å²) in [5.74, 6) is 0. The van der Waals surface area contributed by atoms with Crippen molar-refractivity contribution < 1.29 is 0 Å². The Morgan fingerprint density at radius 3 is 1.31 bits per heavy atom. The third-order valence-corrected chi connectivity index (χ3v) is 2.62. The summed E-state index contributed by atoms with van der Waals surface area (Å²) in [5.41, 5.74) is 24.9. The molecule has 0 amide bonds. The van der Waals surface area contributed by atoms with Gasteiger partial charge in [-0.15, -0.1) is 0 Å². The first-order valence-electron chi connectivity index (χ1n) is 5.64. The van der Waals surface area contributed by atoms with Crippen LogP contribution in [0.15, 0.2) is 24.3 Å². The molecule has 8 N–H and O–H groups in total. The van der Waals surface area contributed by atoms with Crippen molar-refractivity contribution in [1.29, 1.82) is 0 Å². The largest absolute Gasteiger partial charge is 0.329 e. The monoisotopic (exact) mass is 222 g/mol. The SMILES string of the molecule is NCC(N)Cc1ccc(CC(N)CN)cc1. The Labute approximate surface area is 97.0 Å². The summed E-state index contributed by atoms with van der Waals surface area (Å²) in [5, 5.41) is 0. The van der Waals surface area contributed by atoms with Crippen LogP contribution < -0.4 is 22.9 Å². The van der Waals surface area contributed by atoms with Gasteiger partial charge >= 0.3 is 0 Å². The zero-order chi connectivity index (χ0) is 12.0. The van der Waals surface area contributed by atoms with Crippen LogP contribution in [0.25, 0.3) is 0 Å². The maximum absolute atomic E-state index is 5.78. The molecule has 2 unspecified atom stereocenters. The Hall–Kier alpha value is -0.940. The normalized spacial score (nSPS) is 14.8. The van der Waals surface area contributed by atoms with Crippen molar-refractivity contribution in [1.82, 2.24) is 0 Å². The first-order valence-corrected chi connectivity index (χ1v) is 5.64. The molecular formula is C12H22N4. The van der Waals surface area contributed by atoms with Crippen LogP contribution in [-0.2, 0) is 12.8 Å². The van der Waals surface area contributed by atoms with Crippen molar-refractivity contribution >= 4 is 0 Å². The second kappa shape index (κ2) is 6.60. The summed E-state index contributed by atoms with van der Waals surface area (Å²) >= 11 is 0. The van der Waals surface area contributed by atoms with Crippen molar-refractivity contribution in [2.75, 3.05) is 13.1 Å². The molecule has 0 saturated carbocycles. The molecule has 0 saturated heterocycles. The van der Waals surface area contributed by atoms with Crippen molar-refractivity contribution in [3.63, 3.8) is 0 Å². The summed E-state index contributed by atoms with van der Waals surface area (Å²) in [6, 6.07) is 8.39. The summed E-state index contributed by atoms with van der Waals surface area (Å²) in [6.45, 7) is 1.03. The second-order valence-corrected chi connectivity index (χ2v) is 4.22. The molecule has 1 aromatic rings. The third-order valence-electron chi connectivity index (χ3n) is 2.62. The highest BCUT2D eigenvalue weighted by atomic mass is 14.7. The fourth-order valence-electron chi connectivity index (χ4n) is 1.58. The molecule has 0 fully saturated rings. The minimum absolute atomic E-state index is 0.0390. The molecule has 0 heterocycles. The molecule has 2 atom stereocenters. The average Bonchev–Trinajstić information content (AvgIpc) is 2.31. The highest BCUT2D eigenvalue weighted by Crippen LogP contribution is 2.07. The van der Waals surface area contributed by atoms with E-state index in [0.29, 0.717) is 13.1 Å². The predicted molar refractivity (Wildman–Crippen MR) is 67.9 cm³/mol. The Bertz CT molecular complexity index is 265. The van der Waals surface area contributed by atoms with Crippen LogP contribution >= 0.6 is 0 Å². The first-order chi connectivity index (χ1) is 7.65. The molecule has 1 aromatic carbocycles. The lowest BCUT2D eigenvalue weighted by Gasteiger charge is -2.11. The minimum atomic E-state index is 0.0390. The summed E-state index contributed by atoms with van der Waals surface area (Å²) in [6.07, 6.45) is 1.64. The van der Waals surface area contributed by atoms with Crippen LogP contribution in [0.4, 0.5) is 0 Å². The van der Waals surface area contributed by atoms with E-state index in [1.54, 1.807) is 0 Å². The molecule has 4 heteroatoms. The van der Waals surface area contributed by atoms with Crippen LogP contribution in [0.1, 0.15) is 11.1 Å². The van der Waals surface area contributed by atoms with Gasteiger partial charge in [0.15, 0.2) is 0 Å². The minimum Gasteiger partial charge on any atom is -0.329 e. The van der Waals surface area contributed by atoms with Gasteiger partial charge in [-0.2, -0.15) is 0 Å². The molecule has 0 aromatic heterocycles. The maximum atomic E-state index is 5.78. The van der Waals surface area contributed by atoms with Crippen molar-refractivity contribution in [3.05, 3.63) is 35.4 Å². The number of nitrogens with two attached hydrogens (primary N) is 4. The molecule has 16 heavy (non-hydrogen) atoms. The first kappa shape index (κ1) is 13.1. The van der Waals surface area contributed by atoms with Gasteiger partial charge in [0, 0.05) is 25.2 Å². The zero-order valence-corrected chi connectivity index (χ0v) is 9.60. The van der Waals surface area contributed by atoms with Gasteiger partial charge in [0.1, 0.15) is 0 Å². The Morgan fingerprint density at radius 2 is 1.06 bits per heavy atom. The molecule has 1 rings (SSSR count). The van der Waals surface area contributed by atoms with Gasteiger partial charge in [-0.05, 0) is 24.0 Å². The van der Waals surface area contributed by atoms with E-state index in [4.69, 9.17) is 22.9 Å². The quantitative estimate of drug-likeness (QED) is 0.513. The highest BCUT2D eigenvalue weighted by molar-refractivity contribution is 5.24. The lowest BCUT2D eigenvalue weighted by molar-refractivity contribution is 0.672. The van der Waals surface area contributed by atoms with Crippen molar-refractivity contribution in [2.45, 2.75) is 24.9 Å². The van der Waals surface area contributed by atoms with Crippen LogP contribution in [-0.4, -0.2) is 25.2 Å². The zero-order valence-electron chi connectivity index (χ0n) is 9.60. The molecule has 90 valence electrons. The standard InChI is InChI=1S/C12H22N4/c13-7-11(15)5-9-1-2-10(4-3-9)6-12(16)8-14/h1-4,11-12H,5-8,13-16H2. The molecule has 4 nitrogen and oxygen atoms in total. The highest BCUT2D eigenvalue weighted by Gasteiger charge is 2.04. The topological polar surface area (TPSA) is 104 Å². The van der Waals surface area contributed by atoms with Gasteiger partial charge in [-0.1, -0.05) is 24.3 Å². The lowest BCUT2D eigenvalue weighted by Crippen LogP contribution is -2.32.